The monoisotopic (exact) mass is 202 g/mol. The summed E-state index contributed by atoms with van der Waals surface area (Å²) in [7, 11) is 0.833. The fourth-order valence-corrected chi connectivity index (χ4v) is 1.25. The second-order valence-electron chi connectivity index (χ2n) is 2.37. The van der Waals surface area contributed by atoms with Crippen molar-refractivity contribution >= 4 is 14.5 Å². The van der Waals surface area contributed by atoms with Crippen LogP contribution in [0.2, 0.25) is 6.55 Å². The molecule has 0 aromatic carbocycles. The van der Waals surface area contributed by atoms with Crippen molar-refractivity contribution in [3.63, 3.8) is 0 Å². The van der Waals surface area contributed by atoms with Crippen LogP contribution in [-0.4, -0.2) is 28.7 Å². The van der Waals surface area contributed by atoms with Crippen LogP contribution < -0.4 is 0 Å². The van der Waals surface area contributed by atoms with Crippen molar-refractivity contribution in [1.29, 1.82) is 0 Å². The summed E-state index contributed by atoms with van der Waals surface area (Å²) in [6, 6.07) is 0. The molecule has 0 amide bonds. The molecule has 0 aromatic heterocycles. The summed E-state index contributed by atoms with van der Waals surface area (Å²) in [6.07, 6.45) is 2.35. The highest BCUT2D eigenvalue weighted by Crippen LogP contribution is 2.05. The van der Waals surface area contributed by atoms with Gasteiger partial charge in [0.05, 0.1) is 6.26 Å². The van der Waals surface area contributed by atoms with Crippen molar-refractivity contribution in [2.24, 2.45) is 0 Å². The van der Waals surface area contributed by atoms with Crippen molar-refractivity contribution in [1.82, 2.24) is 0 Å². The van der Waals surface area contributed by atoms with Gasteiger partial charge in [0, 0.05) is 20.3 Å². The molecular weight excluding hydrogens is 188 g/mol. The second kappa shape index (κ2) is 5.68. The highest BCUT2D eigenvalue weighted by atomic mass is 28.4. The third-order valence-electron chi connectivity index (χ3n) is 1.53. The molecule has 0 aliphatic carbocycles. The maximum atomic E-state index is 10.6. The third kappa shape index (κ3) is 4.61. The first-order valence-corrected chi connectivity index (χ1v) is 6.08. The molecule has 0 rings (SSSR count). The van der Waals surface area contributed by atoms with Gasteiger partial charge in [-0.1, -0.05) is 6.58 Å². The molecule has 0 fully saturated rings. The average Bonchev–Trinajstić information content (AvgIpc) is 2.17. The first-order chi connectivity index (χ1) is 6.08. The van der Waals surface area contributed by atoms with E-state index in [1.807, 2.05) is 6.55 Å². The zero-order valence-electron chi connectivity index (χ0n) is 8.07. The number of carbonyl (C=O) groups excluding carboxylic acids is 1. The van der Waals surface area contributed by atoms with E-state index in [1.54, 1.807) is 19.9 Å². The predicted molar refractivity (Wildman–Crippen MR) is 51.1 cm³/mol. The summed E-state index contributed by atoms with van der Waals surface area (Å²) >= 11 is 0. The number of hydrogen-bond acceptors (Lipinski definition) is 4. The minimum Gasteiger partial charge on any atom is -0.432 e. The summed E-state index contributed by atoms with van der Waals surface area (Å²) in [6.45, 7) is 5.08. The van der Waals surface area contributed by atoms with E-state index >= 15 is 0 Å². The summed E-state index contributed by atoms with van der Waals surface area (Å²) < 4.78 is 14.9. The van der Waals surface area contributed by atoms with Gasteiger partial charge in [-0.15, -0.1) is 0 Å². The predicted octanol–water partition coefficient (Wildman–Crippen LogP) is 1.13. The van der Waals surface area contributed by atoms with Gasteiger partial charge in [0.15, 0.2) is 0 Å². The molecular formula is C8H14O4Si. The van der Waals surface area contributed by atoms with E-state index < -0.39 is 14.5 Å². The van der Waals surface area contributed by atoms with E-state index in [1.165, 1.54) is 6.26 Å². The topological polar surface area (TPSA) is 44.8 Å². The fourth-order valence-electron chi connectivity index (χ4n) is 0.492. The van der Waals surface area contributed by atoms with Crippen LogP contribution in [0.3, 0.4) is 0 Å². The van der Waals surface area contributed by atoms with E-state index in [-0.39, 0.29) is 0 Å². The maximum absolute atomic E-state index is 10.6. The summed E-state index contributed by atoms with van der Waals surface area (Å²) in [5.74, 6) is -0.500. The van der Waals surface area contributed by atoms with Gasteiger partial charge in [0.1, 0.15) is 0 Å². The molecule has 0 spiro atoms. The quantitative estimate of drug-likeness (QED) is 0.290. The first kappa shape index (κ1) is 12.1. The van der Waals surface area contributed by atoms with Crippen molar-refractivity contribution in [2.45, 2.75) is 6.55 Å². The van der Waals surface area contributed by atoms with Gasteiger partial charge in [-0.3, -0.25) is 0 Å². The Morgan fingerprint density at radius 3 is 2.31 bits per heavy atom. The van der Waals surface area contributed by atoms with Gasteiger partial charge in [0.25, 0.3) is 0 Å². The Kier molecular flexibility index (Phi) is 5.29. The van der Waals surface area contributed by atoms with Crippen LogP contribution in [0, 0.1) is 0 Å². The molecule has 0 atom stereocenters. The number of carbonyl (C=O) groups is 1. The lowest BCUT2D eigenvalue weighted by molar-refractivity contribution is -0.132. The number of ether oxygens (including phenoxy) is 1. The summed E-state index contributed by atoms with van der Waals surface area (Å²) in [5, 5.41) is 0. The molecule has 4 nitrogen and oxygen atoms in total. The van der Waals surface area contributed by atoms with E-state index in [9.17, 15) is 4.79 Å². The molecule has 0 radical (unpaired) electrons. The van der Waals surface area contributed by atoms with Gasteiger partial charge in [-0.2, -0.15) is 0 Å². The van der Waals surface area contributed by atoms with Crippen molar-refractivity contribution in [3.05, 3.63) is 24.6 Å². The van der Waals surface area contributed by atoms with E-state index in [4.69, 9.17) is 8.85 Å². The van der Waals surface area contributed by atoms with Crippen molar-refractivity contribution in [3.8, 4) is 0 Å². The molecule has 13 heavy (non-hydrogen) atoms. The van der Waals surface area contributed by atoms with Crippen LogP contribution in [0.25, 0.3) is 0 Å². The van der Waals surface area contributed by atoms with Gasteiger partial charge in [0.2, 0.25) is 0 Å². The minimum atomic E-state index is -2.27. The van der Waals surface area contributed by atoms with Crippen molar-refractivity contribution in [2.75, 3.05) is 14.2 Å². The van der Waals surface area contributed by atoms with Crippen LogP contribution in [0.15, 0.2) is 24.6 Å². The number of hydrogen-bond donors (Lipinski definition) is 0. The Bertz CT molecular complexity index is 208. The van der Waals surface area contributed by atoms with Gasteiger partial charge in [-0.25, -0.2) is 4.79 Å². The first-order valence-electron chi connectivity index (χ1n) is 3.69. The SMILES string of the molecule is C=CC(=O)OC=C[Si](C)(OC)OC. The molecule has 0 N–H and O–H groups in total. The van der Waals surface area contributed by atoms with Gasteiger partial charge < -0.3 is 13.6 Å². The van der Waals surface area contributed by atoms with Crippen LogP contribution in [-0.2, 0) is 18.4 Å². The Balaban J connectivity index is 4.08. The standard InChI is InChI=1S/C8H14O4Si/c1-5-8(9)12-6-7-13(4,10-2)11-3/h5-7H,1H2,2-4H3. The molecule has 0 saturated heterocycles. The number of esters is 1. The van der Waals surface area contributed by atoms with Crippen LogP contribution in [0.5, 0.6) is 0 Å². The highest BCUT2D eigenvalue weighted by molar-refractivity contribution is 6.71. The van der Waals surface area contributed by atoms with Crippen molar-refractivity contribution < 1.29 is 18.4 Å². The average molecular weight is 202 g/mol. The molecule has 0 bridgehead atoms. The molecule has 0 heterocycles. The van der Waals surface area contributed by atoms with Crippen LogP contribution >= 0.6 is 0 Å². The Labute approximate surface area is 79.0 Å². The molecule has 0 unspecified atom stereocenters. The lowest BCUT2D eigenvalue weighted by Crippen LogP contribution is -2.33. The Hall–Kier alpha value is -0.913. The largest absolute Gasteiger partial charge is 0.432 e. The zero-order chi connectivity index (χ0) is 10.3. The smallest absolute Gasteiger partial charge is 0.364 e. The number of rotatable bonds is 5. The molecule has 0 saturated carbocycles. The van der Waals surface area contributed by atoms with Gasteiger partial charge in [-0.05, 0) is 12.2 Å². The molecule has 74 valence electrons. The van der Waals surface area contributed by atoms with Crippen LogP contribution in [0.1, 0.15) is 0 Å². The summed E-state index contributed by atoms with van der Waals surface area (Å²) in [4.78, 5) is 10.6. The molecule has 0 aliphatic heterocycles. The van der Waals surface area contributed by atoms with E-state index in [0.717, 1.165) is 6.08 Å². The van der Waals surface area contributed by atoms with Gasteiger partial charge >= 0.3 is 14.5 Å². The lowest BCUT2D eigenvalue weighted by atomic mass is 10.7. The lowest BCUT2D eigenvalue weighted by Gasteiger charge is -2.17. The normalized spacial score (nSPS) is 11.6. The minimum absolute atomic E-state index is 0.500. The van der Waals surface area contributed by atoms with E-state index in [0.29, 0.717) is 0 Å². The Morgan fingerprint density at radius 2 is 1.92 bits per heavy atom. The molecule has 0 aliphatic rings. The highest BCUT2D eigenvalue weighted by Gasteiger charge is 2.24. The molecule has 5 heteroatoms. The third-order valence-corrected chi connectivity index (χ3v) is 3.90. The zero-order valence-corrected chi connectivity index (χ0v) is 9.07. The summed E-state index contributed by atoms with van der Waals surface area (Å²) in [5.41, 5.74) is 1.62. The fraction of sp³-hybridized carbons (Fsp3) is 0.375. The molecule has 0 aromatic rings. The van der Waals surface area contributed by atoms with E-state index in [2.05, 4.69) is 11.3 Å². The Morgan fingerprint density at radius 1 is 1.38 bits per heavy atom. The maximum Gasteiger partial charge on any atom is 0.364 e. The second-order valence-corrected chi connectivity index (χ2v) is 5.55. The van der Waals surface area contributed by atoms with Crippen LogP contribution in [0.4, 0.5) is 0 Å².